The Hall–Kier alpha value is -1.53. The van der Waals surface area contributed by atoms with E-state index in [1.807, 2.05) is 18.2 Å². The fourth-order valence-electron chi connectivity index (χ4n) is 1.88. The Labute approximate surface area is 83.0 Å². The van der Waals surface area contributed by atoms with E-state index in [9.17, 15) is 5.11 Å². The lowest BCUT2D eigenvalue weighted by Crippen LogP contribution is -2.13. The number of phenolic OH excluding ortho intramolecular Hbond substituents is 1. The number of aromatic hydroxyl groups is 1. The smallest absolute Gasteiger partial charge is 0.138 e. The minimum atomic E-state index is 0.134. The molecule has 1 aliphatic heterocycles. The third-order valence-corrected chi connectivity index (χ3v) is 2.62. The molecule has 1 saturated heterocycles. The number of hydrogen-bond acceptors (Lipinski definition) is 3. The summed E-state index contributed by atoms with van der Waals surface area (Å²) in [6, 6.07) is 7.51. The summed E-state index contributed by atoms with van der Waals surface area (Å²) in [5.74, 6) is 0.134. The second kappa shape index (κ2) is 3.69. The molecular formula is C11H12N2O. The molecule has 72 valence electrons. The van der Waals surface area contributed by atoms with Crippen molar-refractivity contribution in [1.82, 2.24) is 5.32 Å². The van der Waals surface area contributed by atoms with Crippen LogP contribution >= 0.6 is 0 Å². The van der Waals surface area contributed by atoms with Crippen LogP contribution in [0, 0.1) is 11.3 Å². The highest BCUT2D eigenvalue weighted by Gasteiger charge is 2.20. The van der Waals surface area contributed by atoms with Crippen molar-refractivity contribution in [3.05, 3.63) is 29.3 Å². The topological polar surface area (TPSA) is 56.0 Å². The summed E-state index contributed by atoms with van der Waals surface area (Å²) in [5, 5.41) is 21.8. The van der Waals surface area contributed by atoms with Crippen LogP contribution in [0.3, 0.4) is 0 Å². The summed E-state index contributed by atoms with van der Waals surface area (Å²) in [7, 11) is 0. The lowest BCUT2D eigenvalue weighted by molar-refractivity contribution is 0.455. The molecule has 1 heterocycles. The van der Waals surface area contributed by atoms with Crippen LogP contribution in [0.15, 0.2) is 18.2 Å². The molecule has 0 saturated carbocycles. The molecule has 0 radical (unpaired) electrons. The van der Waals surface area contributed by atoms with Crippen LogP contribution in [0.1, 0.15) is 30.0 Å². The van der Waals surface area contributed by atoms with Crippen LogP contribution < -0.4 is 5.32 Å². The predicted octanol–water partition coefficient (Wildman–Crippen LogP) is 1.69. The van der Waals surface area contributed by atoms with Crippen molar-refractivity contribution in [3.8, 4) is 11.8 Å². The Morgan fingerprint density at radius 1 is 1.50 bits per heavy atom. The maximum Gasteiger partial charge on any atom is 0.138 e. The highest BCUT2D eigenvalue weighted by Crippen LogP contribution is 2.31. The molecule has 14 heavy (non-hydrogen) atoms. The minimum absolute atomic E-state index is 0.134. The average molecular weight is 188 g/mol. The van der Waals surface area contributed by atoms with Crippen LogP contribution in [-0.4, -0.2) is 11.7 Å². The molecule has 1 aromatic rings. The number of rotatable bonds is 1. The highest BCUT2D eigenvalue weighted by molar-refractivity contribution is 5.48. The van der Waals surface area contributed by atoms with Gasteiger partial charge in [0.05, 0.1) is 5.56 Å². The summed E-state index contributed by atoms with van der Waals surface area (Å²) in [5.41, 5.74) is 1.21. The Morgan fingerprint density at radius 2 is 2.36 bits per heavy atom. The maximum absolute atomic E-state index is 9.79. The highest BCUT2D eigenvalue weighted by atomic mass is 16.3. The first kappa shape index (κ1) is 9.04. The van der Waals surface area contributed by atoms with Gasteiger partial charge in [-0.05, 0) is 25.5 Å². The molecule has 2 rings (SSSR count). The molecule has 1 aromatic carbocycles. The zero-order valence-electron chi connectivity index (χ0n) is 7.83. The van der Waals surface area contributed by atoms with Gasteiger partial charge in [0.25, 0.3) is 0 Å². The molecular weight excluding hydrogens is 176 g/mol. The van der Waals surface area contributed by atoms with Crippen molar-refractivity contribution < 1.29 is 5.11 Å². The van der Waals surface area contributed by atoms with Crippen LogP contribution in [0.4, 0.5) is 0 Å². The van der Waals surface area contributed by atoms with Gasteiger partial charge in [-0.15, -0.1) is 0 Å². The second-order valence-corrected chi connectivity index (χ2v) is 3.50. The molecule has 0 unspecified atom stereocenters. The van der Waals surface area contributed by atoms with Crippen LogP contribution in [0.25, 0.3) is 0 Å². The van der Waals surface area contributed by atoms with Gasteiger partial charge in [0.2, 0.25) is 0 Å². The standard InChI is InChI=1S/C11H12N2O/c12-7-8-3-1-4-9(11(8)14)10-5-2-6-13-10/h1,3-4,10,13-14H,2,5-6H2/t10-/m0/s1. The van der Waals surface area contributed by atoms with Crippen molar-refractivity contribution in [3.63, 3.8) is 0 Å². The Balaban J connectivity index is 2.38. The molecule has 0 amide bonds. The van der Waals surface area contributed by atoms with Gasteiger partial charge < -0.3 is 10.4 Å². The van der Waals surface area contributed by atoms with E-state index >= 15 is 0 Å². The van der Waals surface area contributed by atoms with Crippen molar-refractivity contribution in [2.75, 3.05) is 6.54 Å². The van der Waals surface area contributed by atoms with Gasteiger partial charge in [0.15, 0.2) is 0 Å². The van der Waals surface area contributed by atoms with Crippen LogP contribution in [0.5, 0.6) is 5.75 Å². The third-order valence-electron chi connectivity index (χ3n) is 2.62. The number of nitrogens with one attached hydrogen (secondary N) is 1. The quantitative estimate of drug-likeness (QED) is 0.705. The summed E-state index contributed by atoms with van der Waals surface area (Å²) in [6.45, 7) is 0.987. The van der Waals surface area contributed by atoms with E-state index in [1.165, 1.54) is 0 Å². The molecule has 0 aromatic heterocycles. The van der Waals surface area contributed by atoms with Crippen LogP contribution in [-0.2, 0) is 0 Å². The normalized spacial score (nSPS) is 20.6. The van der Waals surface area contributed by atoms with E-state index in [2.05, 4.69) is 5.32 Å². The third kappa shape index (κ3) is 1.45. The number of hydrogen-bond donors (Lipinski definition) is 2. The number of para-hydroxylation sites is 1. The molecule has 0 spiro atoms. The molecule has 3 nitrogen and oxygen atoms in total. The van der Waals surface area contributed by atoms with Crippen LogP contribution in [0.2, 0.25) is 0 Å². The zero-order valence-corrected chi connectivity index (χ0v) is 7.83. The first-order chi connectivity index (χ1) is 6.83. The van der Waals surface area contributed by atoms with E-state index in [0.717, 1.165) is 24.9 Å². The molecule has 0 aliphatic carbocycles. The summed E-state index contributed by atoms with van der Waals surface area (Å²) >= 11 is 0. The van der Waals surface area contributed by atoms with Crippen molar-refractivity contribution >= 4 is 0 Å². The van der Waals surface area contributed by atoms with Gasteiger partial charge in [-0.2, -0.15) is 5.26 Å². The maximum atomic E-state index is 9.79. The number of phenols is 1. The van der Waals surface area contributed by atoms with Crippen molar-refractivity contribution in [2.24, 2.45) is 0 Å². The minimum Gasteiger partial charge on any atom is -0.506 e. The lowest BCUT2D eigenvalue weighted by Gasteiger charge is -2.12. The van der Waals surface area contributed by atoms with E-state index in [0.29, 0.717) is 5.56 Å². The summed E-state index contributed by atoms with van der Waals surface area (Å²) < 4.78 is 0. The molecule has 1 aliphatic rings. The molecule has 2 N–H and O–H groups in total. The Bertz CT molecular complexity index is 375. The van der Waals surface area contributed by atoms with Crippen molar-refractivity contribution in [2.45, 2.75) is 18.9 Å². The molecule has 1 atom stereocenters. The van der Waals surface area contributed by atoms with E-state index in [-0.39, 0.29) is 11.8 Å². The number of nitriles is 1. The average Bonchev–Trinajstić information content (AvgIpc) is 2.71. The molecule has 0 bridgehead atoms. The largest absolute Gasteiger partial charge is 0.506 e. The first-order valence-electron chi connectivity index (χ1n) is 4.78. The molecule has 1 fully saturated rings. The monoisotopic (exact) mass is 188 g/mol. The SMILES string of the molecule is N#Cc1cccc([C@@H]2CCCN2)c1O. The second-order valence-electron chi connectivity index (χ2n) is 3.50. The van der Waals surface area contributed by atoms with Gasteiger partial charge >= 0.3 is 0 Å². The first-order valence-corrected chi connectivity index (χ1v) is 4.78. The summed E-state index contributed by atoms with van der Waals surface area (Å²) in [6.07, 6.45) is 2.16. The number of benzene rings is 1. The van der Waals surface area contributed by atoms with E-state index in [4.69, 9.17) is 5.26 Å². The van der Waals surface area contributed by atoms with Gasteiger partial charge in [0, 0.05) is 11.6 Å². The fourth-order valence-corrected chi connectivity index (χ4v) is 1.88. The van der Waals surface area contributed by atoms with Gasteiger partial charge in [0.1, 0.15) is 11.8 Å². The zero-order chi connectivity index (χ0) is 9.97. The van der Waals surface area contributed by atoms with Gasteiger partial charge in [-0.3, -0.25) is 0 Å². The Morgan fingerprint density at radius 3 is 3.00 bits per heavy atom. The van der Waals surface area contributed by atoms with E-state index < -0.39 is 0 Å². The molecule has 3 heteroatoms. The van der Waals surface area contributed by atoms with E-state index in [1.54, 1.807) is 6.07 Å². The number of nitrogens with zero attached hydrogens (tertiary/aromatic N) is 1. The van der Waals surface area contributed by atoms with Gasteiger partial charge in [-0.25, -0.2) is 0 Å². The summed E-state index contributed by atoms with van der Waals surface area (Å²) in [4.78, 5) is 0. The lowest BCUT2D eigenvalue weighted by atomic mass is 10.0. The van der Waals surface area contributed by atoms with Gasteiger partial charge in [-0.1, -0.05) is 12.1 Å². The fraction of sp³-hybridized carbons (Fsp3) is 0.364. The predicted molar refractivity (Wildman–Crippen MR) is 52.8 cm³/mol. The van der Waals surface area contributed by atoms with Crippen molar-refractivity contribution in [1.29, 1.82) is 5.26 Å². The Kier molecular flexibility index (Phi) is 2.38.